The summed E-state index contributed by atoms with van der Waals surface area (Å²) in [4.78, 5) is 25.7. The molecule has 1 atom stereocenters. The van der Waals surface area contributed by atoms with Crippen molar-refractivity contribution in [3.05, 3.63) is 18.2 Å². The molecule has 1 fully saturated rings. The molecule has 6 heteroatoms. The van der Waals surface area contributed by atoms with E-state index in [4.69, 9.17) is 14.2 Å². The van der Waals surface area contributed by atoms with Gasteiger partial charge in [0, 0.05) is 12.5 Å². The lowest BCUT2D eigenvalue weighted by Crippen LogP contribution is -2.48. The van der Waals surface area contributed by atoms with Gasteiger partial charge < -0.3 is 14.2 Å². The Hall–Kier alpha value is -2.24. The second kappa shape index (κ2) is 6.47. The quantitative estimate of drug-likeness (QED) is 0.791. The summed E-state index contributed by atoms with van der Waals surface area (Å²) >= 11 is 0. The summed E-state index contributed by atoms with van der Waals surface area (Å²) < 4.78 is 15.3. The summed E-state index contributed by atoms with van der Waals surface area (Å²) in [5.41, 5.74) is 0.554. The number of rotatable bonds is 4. The van der Waals surface area contributed by atoms with Crippen LogP contribution in [-0.4, -0.2) is 39.2 Å². The van der Waals surface area contributed by atoms with Crippen LogP contribution in [0.5, 0.6) is 11.5 Å². The SMILES string of the molecule is COC(=O)C1CCCC(=O)N1c1ccc(OC)cc1OC. The highest BCUT2D eigenvalue weighted by Crippen LogP contribution is 2.36. The van der Waals surface area contributed by atoms with Crippen LogP contribution in [0.25, 0.3) is 0 Å². The molecule has 0 spiro atoms. The van der Waals surface area contributed by atoms with Crippen molar-refractivity contribution in [2.45, 2.75) is 25.3 Å². The van der Waals surface area contributed by atoms with Gasteiger partial charge in [-0.15, -0.1) is 0 Å². The minimum atomic E-state index is -0.612. The second-order valence-electron chi connectivity index (χ2n) is 4.73. The normalized spacial score (nSPS) is 18.3. The number of carbonyl (C=O) groups excluding carboxylic acids is 2. The Morgan fingerprint density at radius 1 is 1.24 bits per heavy atom. The Bertz CT molecular complexity index is 543. The van der Waals surface area contributed by atoms with Crippen LogP contribution in [-0.2, 0) is 14.3 Å². The molecule has 0 N–H and O–H groups in total. The Balaban J connectivity index is 2.44. The summed E-state index contributed by atoms with van der Waals surface area (Å²) in [5, 5.41) is 0. The van der Waals surface area contributed by atoms with Gasteiger partial charge in [0.15, 0.2) is 0 Å². The van der Waals surface area contributed by atoms with Gasteiger partial charge in [-0.2, -0.15) is 0 Å². The summed E-state index contributed by atoms with van der Waals surface area (Å²) in [6, 6.07) is 4.52. The standard InChI is InChI=1S/C15H19NO5/c1-19-10-7-8-11(13(9-10)20-2)16-12(15(18)21-3)5-4-6-14(16)17/h7-9,12H,4-6H2,1-3H3. The third-order valence-corrected chi connectivity index (χ3v) is 3.57. The van der Waals surface area contributed by atoms with E-state index in [2.05, 4.69) is 0 Å². The summed E-state index contributed by atoms with van der Waals surface area (Å²) in [5.74, 6) is 0.578. The Kier molecular flexibility index (Phi) is 4.67. The van der Waals surface area contributed by atoms with Gasteiger partial charge in [0.1, 0.15) is 17.5 Å². The van der Waals surface area contributed by atoms with Gasteiger partial charge in [0.2, 0.25) is 5.91 Å². The van der Waals surface area contributed by atoms with Crippen LogP contribution in [0.4, 0.5) is 5.69 Å². The maximum atomic E-state index is 12.3. The lowest BCUT2D eigenvalue weighted by atomic mass is 10.00. The molecule has 21 heavy (non-hydrogen) atoms. The molecule has 1 saturated heterocycles. The molecule has 6 nitrogen and oxygen atoms in total. The molecule has 2 rings (SSSR count). The van der Waals surface area contributed by atoms with Gasteiger partial charge in [-0.3, -0.25) is 9.69 Å². The topological polar surface area (TPSA) is 65.1 Å². The number of methoxy groups -OCH3 is 3. The Morgan fingerprint density at radius 2 is 2.00 bits per heavy atom. The maximum absolute atomic E-state index is 12.3. The molecule has 0 aliphatic carbocycles. The number of carbonyl (C=O) groups is 2. The lowest BCUT2D eigenvalue weighted by Gasteiger charge is -2.34. The molecule has 1 amide bonds. The smallest absolute Gasteiger partial charge is 0.328 e. The van der Waals surface area contributed by atoms with Crippen molar-refractivity contribution in [1.29, 1.82) is 0 Å². The van der Waals surface area contributed by atoms with Crippen molar-refractivity contribution in [1.82, 2.24) is 0 Å². The first-order valence-corrected chi connectivity index (χ1v) is 6.74. The van der Waals surface area contributed by atoms with E-state index in [1.54, 1.807) is 25.3 Å². The van der Waals surface area contributed by atoms with Gasteiger partial charge in [0.25, 0.3) is 0 Å². The third-order valence-electron chi connectivity index (χ3n) is 3.57. The monoisotopic (exact) mass is 293 g/mol. The van der Waals surface area contributed by atoms with Crippen molar-refractivity contribution in [3.63, 3.8) is 0 Å². The number of ether oxygens (including phenoxy) is 3. The van der Waals surface area contributed by atoms with Crippen LogP contribution in [0.3, 0.4) is 0 Å². The molecule has 1 aromatic rings. The molecule has 0 aromatic heterocycles. The first-order valence-electron chi connectivity index (χ1n) is 6.74. The van der Waals surface area contributed by atoms with Gasteiger partial charge in [-0.05, 0) is 25.0 Å². The van der Waals surface area contributed by atoms with E-state index in [0.29, 0.717) is 36.4 Å². The second-order valence-corrected chi connectivity index (χ2v) is 4.73. The van der Waals surface area contributed by atoms with Gasteiger partial charge >= 0.3 is 5.97 Å². The molecule has 0 bridgehead atoms. The molecular weight excluding hydrogens is 274 g/mol. The van der Waals surface area contributed by atoms with E-state index in [1.165, 1.54) is 19.1 Å². The van der Waals surface area contributed by atoms with Crippen LogP contribution in [0.2, 0.25) is 0 Å². The van der Waals surface area contributed by atoms with E-state index in [0.717, 1.165) is 0 Å². The van der Waals surface area contributed by atoms with Crippen molar-refractivity contribution < 1.29 is 23.8 Å². The number of hydrogen-bond donors (Lipinski definition) is 0. The molecule has 1 aliphatic heterocycles. The largest absolute Gasteiger partial charge is 0.497 e. The summed E-state index contributed by atoms with van der Waals surface area (Å²) in [6.45, 7) is 0. The molecular formula is C15H19NO5. The first-order chi connectivity index (χ1) is 10.1. The average Bonchev–Trinajstić information content (AvgIpc) is 2.53. The molecule has 0 saturated carbocycles. The fraction of sp³-hybridized carbons (Fsp3) is 0.467. The number of amides is 1. The highest BCUT2D eigenvalue weighted by Gasteiger charge is 2.36. The fourth-order valence-electron chi connectivity index (χ4n) is 2.52. The predicted octanol–water partition coefficient (Wildman–Crippen LogP) is 1.76. The van der Waals surface area contributed by atoms with Crippen LogP contribution >= 0.6 is 0 Å². The minimum Gasteiger partial charge on any atom is -0.497 e. The number of anilines is 1. The molecule has 1 aliphatic rings. The zero-order valence-corrected chi connectivity index (χ0v) is 12.4. The predicted molar refractivity (Wildman–Crippen MR) is 76.7 cm³/mol. The third kappa shape index (κ3) is 2.94. The van der Waals surface area contributed by atoms with E-state index < -0.39 is 12.0 Å². The summed E-state index contributed by atoms with van der Waals surface area (Å²) in [6.07, 6.45) is 1.66. The van der Waals surface area contributed by atoms with E-state index in [9.17, 15) is 9.59 Å². The highest BCUT2D eigenvalue weighted by atomic mass is 16.5. The number of piperidine rings is 1. The first kappa shape index (κ1) is 15.2. The molecule has 1 unspecified atom stereocenters. The Labute approximate surface area is 123 Å². The van der Waals surface area contributed by atoms with Crippen molar-refractivity contribution >= 4 is 17.6 Å². The zero-order valence-electron chi connectivity index (χ0n) is 12.4. The van der Waals surface area contributed by atoms with Crippen molar-refractivity contribution in [2.75, 3.05) is 26.2 Å². The molecule has 0 radical (unpaired) electrons. The van der Waals surface area contributed by atoms with E-state index in [-0.39, 0.29) is 5.91 Å². The van der Waals surface area contributed by atoms with Gasteiger partial charge in [0.05, 0.1) is 27.0 Å². The molecule has 114 valence electrons. The van der Waals surface area contributed by atoms with Crippen LogP contribution in [0, 0.1) is 0 Å². The number of esters is 1. The number of nitrogens with zero attached hydrogens (tertiary/aromatic N) is 1. The van der Waals surface area contributed by atoms with Crippen LogP contribution < -0.4 is 14.4 Å². The molecule has 1 heterocycles. The average molecular weight is 293 g/mol. The number of benzene rings is 1. The lowest BCUT2D eigenvalue weighted by molar-refractivity contribution is -0.144. The van der Waals surface area contributed by atoms with Crippen molar-refractivity contribution in [2.24, 2.45) is 0 Å². The number of hydrogen-bond acceptors (Lipinski definition) is 5. The zero-order chi connectivity index (χ0) is 15.4. The maximum Gasteiger partial charge on any atom is 0.328 e. The Morgan fingerprint density at radius 3 is 2.62 bits per heavy atom. The van der Waals surface area contributed by atoms with Gasteiger partial charge in [-0.1, -0.05) is 0 Å². The van der Waals surface area contributed by atoms with Crippen LogP contribution in [0.1, 0.15) is 19.3 Å². The van der Waals surface area contributed by atoms with Gasteiger partial charge in [-0.25, -0.2) is 4.79 Å². The summed E-state index contributed by atoms with van der Waals surface area (Å²) in [7, 11) is 4.39. The highest BCUT2D eigenvalue weighted by molar-refractivity contribution is 6.01. The van der Waals surface area contributed by atoms with E-state index in [1.807, 2.05) is 0 Å². The fourth-order valence-corrected chi connectivity index (χ4v) is 2.52. The minimum absolute atomic E-state index is 0.111. The van der Waals surface area contributed by atoms with Crippen LogP contribution in [0.15, 0.2) is 18.2 Å². The van der Waals surface area contributed by atoms with E-state index >= 15 is 0 Å². The van der Waals surface area contributed by atoms with Crippen molar-refractivity contribution in [3.8, 4) is 11.5 Å². The molecule has 1 aromatic carbocycles.